The Morgan fingerprint density at radius 1 is 1.19 bits per heavy atom. The maximum atomic E-state index is 13.0. The van der Waals surface area contributed by atoms with Crippen LogP contribution >= 0.6 is 0 Å². The molecule has 1 N–H and O–H groups in total. The molecule has 1 aromatic heterocycles. The summed E-state index contributed by atoms with van der Waals surface area (Å²) < 4.78 is 14.9. The number of nitrogens with one attached hydrogen (secondary N) is 1. The minimum atomic E-state index is -0.194. The van der Waals surface area contributed by atoms with Crippen LogP contribution in [0.15, 0.2) is 24.3 Å². The normalized spacial score (nSPS) is 14.2. The van der Waals surface area contributed by atoms with Crippen LogP contribution in [0.25, 0.3) is 0 Å². The van der Waals surface area contributed by atoms with Crippen LogP contribution in [0.3, 0.4) is 0 Å². The molecule has 0 saturated carbocycles. The molecule has 0 aliphatic carbocycles. The highest BCUT2D eigenvalue weighted by molar-refractivity contribution is 5.25. The summed E-state index contributed by atoms with van der Waals surface area (Å²) in [5, 5.41) is 8.03. The van der Waals surface area contributed by atoms with Gasteiger partial charge in [-0.15, -0.1) is 0 Å². The van der Waals surface area contributed by atoms with E-state index in [4.69, 9.17) is 0 Å². The minimum absolute atomic E-state index is 0.192. The predicted octanol–water partition coefficient (Wildman–Crippen LogP) is 3.46. The Bertz CT molecular complexity index is 601. The van der Waals surface area contributed by atoms with Crippen molar-refractivity contribution in [2.24, 2.45) is 7.05 Å². The molecule has 1 aromatic carbocycles. The standard InChI is InChI=1S/C17H24FN3/c1-11(10-17-13(3)20-21(5)14(17)4)19-12(2)15-6-8-16(18)9-7-15/h6-9,11-12,19H,10H2,1-5H3. The van der Waals surface area contributed by atoms with E-state index in [1.165, 1.54) is 23.4 Å². The van der Waals surface area contributed by atoms with Gasteiger partial charge in [-0.2, -0.15) is 5.10 Å². The van der Waals surface area contributed by atoms with Gasteiger partial charge in [-0.1, -0.05) is 12.1 Å². The number of benzene rings is 1. The lowest BCUT2D eigenvalue weighted by molar-refractivity contribution is 0.475. The average Bonchev–Trinajstić information content (AvgIpc) is 2.66. The van der Waals surface area contributed by atoms with E-state index < -0.39 is 0 Å². The number of aromatic nitrogens is 2. The molecular weight excluding hydrogens is 265 g/mol. The maximum Gasteiger partial charge on any atom is 0.123 e. The first kappa shape index (κ1) is 15.7. The molecule has 4 heteroatoms. The van der Waals surface area contributed by atoms with Crippen LogP contribution in [-0.4, -0.2) is 15.8 Å². The van der Waals surface area contributed by atoms with Crippen LogP contribution in [0.1, 0.15) is 42.4 Å². The van der Waals surface area contributed by atoms with Crippen LogP contribution in [0, 0.1) is 19.7 Å². The molecule has 2 unspecified atom stereocenters. The largest absolute Gasteiger partial charge is 0.307 e. The number of rotatable bonds is 5. The summed E-state index contributed by atoms with van der Waals surface area (Å²) in [4.78, 5) is 0. The van der Waals surface area contributed by atoms with Crippen molar-refractivity contribution in [3.8, 4) is 0 Å². The van der Waals surface area contributed by atoms with E-state index in [-0.39, 0.29) is 11.9 Å². The van der Waals surface area contributed by atoms with Crippen molar-refractivity contribution in [3.05, 3.63) is 52.6 Å². The molecule has 0 radical (unpaired) electrons. The second-order valence-corrected chi connectivity index (χ2v) is 5.82. The van der Waals surface area contributed by atoms with Crippen molar-refractivity contribution < 1.29 is 4.39 Å². The lowest BCUT2D eigenvalue weighted by Crippen LogP contribution is -2.31. The molecular formula is C17H24FN3. The van der Waals surface area contributed by atoms with Crippen LogP contribution in [0.5, 0.6) is 0 Å². The zero-order chi connectivity index (χ0) is 15.6. The fraction of sp³-hybridized carbons (Fsp3) is 0.471. The summed E-state index contributed by atoms with van der Waals surface area (Å²) in [6.45, 7) is 8.43. The summed E-state index contributed by atoms with van der Waals surface area (Å²) >= 11 is 0. The quantitative estimate of drug-likeness (QED) is 0.913. The smallest absolute Gasteiger partial charge is 0.123 e. The number of halogens is 1. The summed E-state index contributed by atoms with van der Waals surface area (Å²) in [5.74, 6) is -0.194. The molecule has 2 atom stereocenters. The van der Waals surface area contributed by atoms with E-state index in [0.29, 0.717) is 6.04 Å². The Morgan fingerprint density at radius 3 is 2.33 bits per heavy atom. The van der Waals surface area contributed by atoms with Gasteiger partial charge >= 0.3 is 0 Å². The third-order valence-electron chi connectivity index (χ3n) is 4.07. The highest BCUT2D eigenvalue weighted by Crippen LogP contribution is 2.17. The molecule has 0 amide bonds. The molecule has 21 heavy (non-hydrogen) atoms. The van der Waals surface area contributed by atoms with Gasteiger partial charge < -0.3 is 5.32 Å². The molecule has 2 rings (SSSR count). The Kier molecular flexibility index (Phi) is 4.78. The molecule has 1 heterocycles. The van der Waals surface area contributed by atoms with Crippen LogP contribution < -0.4 is 5.32 Å². The average molecular weight is 289 g/mol. The van der Waals surface area contributed by atoms with Crippen molar-refractivity contribution in [2.75, 3.05) is 0 Å². The van der Waals surface area contributed by atoms with E-state index in [0.717, 1.165) is 17.7 Å². The molecule has 3 nitrogen and oxygen atoms in total. The van der Waals surface area contributed by atoms with Crippen LogP contribution in [0.2, 0.25) is 0 Å². The zero-order valence-electron chi connectivity index (χ0n) is 13.4. The van der Waals surface area contributed by atoms with E-state index >= 15 is 0 Å². The minimum Gasteiger partial charge on any atom is -0.307 e. The predicted molar refractivity (Wildman–Crippen MR) is 83.8 cm³/mol. The van der Waals surface area contributed by atoms with Gasteiger partial charge in [0.2, 0.25) is 0 Å². The fourth-order valence-corrected chi connectivity index (χ4v) is 2.75. The van der Waals surface area contributed by atoms with Gasteiger partial charge in [0, 0.05) is 24.8 Å². The van der Waals surface area contributed by atoms with Gasteiger partial charge in [0.25, 0.3) is 0 Å². The van der Waals surface area contributed by atoms with Crippen molar-refractivity contribution in [1.29, 1.82) is 0 Å². The van der Waals surface area contributed by atoms with Gasteiger partial charge in [0.05, 0.1) is 5.69 Å². The Balaban J connectivity index is 2.01. The van der Waals surface area contributed by atoms with Gasteiger partial charge in [-0.3, -0.25) is 4.68 Å². The van der Waals surface area contributed by atoms with E-state index in [2.05, 4.69) is 38.1 Å². The first-order valence-corrected chi connectivity index (χ1v) is 7.39. The second kappa shape index (κ2) is 6.39. The first-order chi connectivity index (χ1) is 9.88. The van der Waals surface area contributed by atoms with Gasteiger partial charge in [0.1, 0.15) is 5.82 Å². The molecule has 0 saturated heterocycles. The summed E-state index contributed by atoms with van der Waals surface area (Å²) in [6, 6.07) is 7.20. The molecule has 114 valence electrons. The molecule has 0 fully saturated rings. The Morgan fingerprint density at radius 2 is 1.81 bits per heavy atom. The summed E-state index contributed by atoms with van der Waals surface area (Å²) in [6.07, 6.45) is 0.942. The van der Waals surface area contributed by atoms with E-state index in [1.807, 2.05) is 23.9 Å². The third kappa shape index (κ3) is 3.70. The number of hydrogen-bond acceptors (Lipinski definition) is 2. The topological polar surface area (TPSA) is 29.9 Å². The van der Waals surface area contributed by atoms with Crippen LogP contribution in [-0.2, 0) is 13.5 Å². The highest BCUT2D eigenvalue weighted by atomic mass is 19.1. The number of aryl methyl sites for hydroxylation is 2. The molecule has 0 aliphatic heterocycles. The Labute approximate surface area is 126 Å². The van der Waals surface area contributed by atoms with Crippen molar-refractivity contribution in [2.45, 2.75) is 46.2 Å². The van der Waals surface area contributed by atoms with Gasteiger partial charge in [-0.25, -0.2) is 4.39 Å². The SMILES string of the molecule is Cc1nn(C)c(C)c1CC(C)NC(C)c1ccc(F)cc1. The maximum absolute atomic E-state index is 13.0. The van der Waals surface area contributed by atoms with Crippen molar-refractivity contribution in [3.63, 3.8) is 0 Å². The van der Waals surface area contributed by atoms with Crippen molar-refractivity contribution in [1.82, 2.24) is 15.1 Å². The summed E-state index contributed by atoms with van der Waals surface area (Å²) in [5.41, 5.74) is 4.72. The molecule has 0 aliphatic rings. The van der Waals surface area contributed by atoms with Gasteiger partial charge in [-0.05, 0) is 57.4 Å². The first-order valence-electron chi connectivity index (χ1n) is 7.39. The highest BCUT2D eigenvalue weighted by Gasteiger charge is 2.15. The van der Waals surface area contributed by atoms with Gasteiger partial charge in [0.15, 0.2) is 0 Å². The lowest BCUT2D eigenvalue weighted by Gasteiger charge is -2.20. The monoisotopic (exact) mass is 289 g/mol. The zero-order valence-corrected chi connectivity index (χ0v) is 13.4. The molecule has 0 bridgehead atoms. The number of hydrogen-bond donors (Lipinski definition) is 1. The molecule has 2 aromatic rings. The second-order valence-electron chi connectivity index (χ2n) is 5.82. The lowest BCUT2D eigenvalue weighted by atomic mass is 10.0. The van der Waals surface area contributed by atoms with E-state index in [1.54, 1.807) is 0 Å². The van der Waals surface area contributed by atoms with E-state index in [9.17, 15) is 4.39 Å². The van der Waals surface area contributed by atoms with Crippen molar-refractivity contribution >= 4 is 0 Å². The number of nitrogens with zero attached hydrogens (tertiary/aromatic N) is 2. The summed E-state index contributed by atoms with van der Waals surface area (Å²) in [7, 11) is 1.98. The van der Waals surface area contributed by atoms with Crippen LogP contribution in [0.4, 0.5) is 4.39 Å². The Hall–Kier alpha value is -1.68. The molecule has 0 spiro atoms. The fourth-order valence-electron chi connectivity index (χ4n) is 2.75. The third-order valence-corrected chi connectivity index (χ3v) is 4.07.